The van der Waals surface area contributed by atoms with Crippen LogP contribution in [0.3, 0.4) is 0 Å². The summed E-state index contributed by atoms with van der Waals surface area (Å²) in [5.74, 6) is 2.34. The molecule has 27 heavy (non-hydrogen) atoms. The predicted molar refractivity (Wildman–Crippen MR) is 108 cm³/mol. The third-order valence-corrected chi connectivity index (χ3v) is 6.89. The van der Waals surface area contributed by atoms with Gasteiger partial charge in [-0.15, -0.1) is 0 Å². The normalized spacial score (nSPS) is 27.7. The van der Waals surface area contributed by atoms with Crippen LogP contribution in [-0.2, 0) is 4.79 Å². The molecule has 4 nitrogen and oxygen atoms in total. The van der Waals surface area contributed by atoms with Crippen LogP contribution >= 0.6 is 0 Å². The summed E-state index contributed by atoms with van der Waals surface area (Å²) in [4.78, 5) is 17.5. The Morgan fingerprint density at radius 3 is 2.33 bits per heavy atom. The summed E-state index contributed by atoms with van der Waals surface area (Å²) in [6.45, 7) is 7.44. The number of ether oxygens (including phenoxy) is 1. The number of carbonyl (C=O) groups excluding carboxylic acids is 1. The van der Waals surface area contributed by atoms with Gasteiger partial charge in [-0.1, -0.05) is 31.0 Å². The van der Waals surface area contributed by atoms with E-state index in [-0.39, 0.29) is 6.10 Å². The second-order valence-electron chi connectivity index (χ2n) is 8.89. The van der Waals surface area contributed by atoms with Crippen LogP contribution in [0.2, 0.25) is 0 Å². The molecule has 0 N–H and O–H groups in total. The van der Waals surface area contributed by atoms with Crippen molar-refractivity contribution in [2.45, 2.75) is 70.6 Å². The fourth-order valence-electron chi connectivity index (χ4n) is 5.32. The van der Waals surface area contributed by atoms with Gasteiger partial charge in [-0.3, -0.25) is 9.69 Å². The zero-order valence-electron chi connectivity index (χ0n) is 16.8. The molecule has 3 fully saturated rings. The predicted octanol–water partition coefficient (Wildman–Crippen LogP) is 3.96. The molecule has 4 rings (SSSR count). The molecule has 1 saturated carbocycles. The number of amides is 1. The van der Waals surface area contributed by atoms with Crippen LogP contribution in [0.1, 0.15) is 52.4 Å². The molecule has 4 heteroatoms. The summed E-state index contributed by atoms with van der Waals surface area (Å²) in [7, 11) is 0. The van der Waals surface area contributed by atoms with Crippen LogP contribution in [-0.4, -0.2) is 53.5 Å². The van der Waals surface area contributed by atoms with Crippen LogP contribution in [0.25, 0.3) is 0 Å². The lowest BCUT2D eigenvalue weighted by Crippen LogP contribution is -2.68. The van der Waals surface area contributed by atoms with Crippen molar-refractivity contribution in [3.8, 4) is 5.75 Å². The highest BCUT2D eigenvalue weighted by Gasteiger charge is 2.47. The summed E-state index contributed by atoms with van der Waals surface area (Å²) in [5.41, 5.74) is 0. The molecule has 0 bridgehead atoms. The van der Waals surface area contributed by atoms with Crippen molar-refractivity contribution < 1.29 is 9.53 Å². The zero-order chi connectivity index (χ0) is 18.8. The molecule has 2 atom stereocenters. The van der Waals surface area contributed by atoms with Crippen molar-refractivity contribution in [3.63, 3.8) is 0 Å². The van der Waals surface area contributed by atoms with Crippen LogP contribution in [0.5, 0.6) is 5.75 Å². The first kappa shape index (κ1) is 18.8. The first-order valence-electron chi connectivity index (χ1n) is 10.9. The fraction of sp³-hybridized carbons (Fsp3) is 0.696. The minimum absolute atomic E-state index is 0.275. The van der Waals surface area contributed by atoms with E-state index in [1.165, 1.54) is 12.8 Å². The average Bonchev–Trinajstić information content (AvgIpc) is 3.20. The Kier molecular flexibility index (Phi) is 5.72. The monoisotopic (exact) mass is 370 g/mol. The second-order valence-corrected chi connectivity index (χ2v) is 8.89. The Balaban J connectivity index is 1.36. The molecular formula is C23H34N2O2. The Hall–Kier alpha value is -1.55. The van der Waals surface area contributed by atoms with Gasteiger partial charge in [0.15, 0.2) is 0 Å². The summed E-state index contributed by atoms with van der Waals surface area (Å²) in [5, 5.41) is 0. The number of hydrogen-bond acceptors (Lipinski definition) is 3. The van der Waals surface area contributed by atoms with E-state index in [2.05, 4.69) is 35.8 Å². The van der Waals surface area contributed by atoms with E-state index in [4.69, 9.17) is 4.74 Å². The van der Waals surface area contributed by atoms with Crippen LogP contribution < -0.4 is 4.74 Å². The second kappa shape index (κ2) is 8.22. The van der Waals surface area contributed by atoms with E-state index in [0.717, 1.165) is 51.1 Å². The van der Waals surface area contributed by atoms with Crippen molar-refractivity contribution in [1.82, 2.24) is 9.80 Å². The minimum atomic E-state index is 0.275. The molecule has 0 aromatic heterocycles. The molecule has 2 saturated heterocycles. The molecule has 2 aliphatic heterocycles. The summed E-state index contributed by atoms with van der Waals surface area (Å²) >= 11 is 0. The minimum Gasteiger partial charge on any atom is -0.487 e. The van der Waals surface area contributed by atoms with E-state index in [1.807, 2.05) is 18.2 Å². The lowest BCUT2D eigenvalue weighted by Gasteiger charge is -2.54. The first-order valence-corrected chi connectivity index (χ1v) is 10.9. The van der Waals surface area contributed by atoms with Gasteiger partial charge in [0.1, 0.15) is 11.9 Å². The van der Waals surface area contributed by atoms with Gasteiger partial charge in [0.2, 0.25) is 5.91 Å². The molecule has 0 spiro atoms. The van der Waals surface area contributed by atoms with Crippen molar-refractivity contribution >= 4 is 5.91 Å². The van der Waals surface area contributed by atoms with E-state index in [9.17, 15) is 4.79 Å². The number of likely N-dealkylation sites (tertiary alicyclic amines) is 2. The van der Waals surface area contributed by atoms with Gasteiger partial charge >= 0.3 is 0 Å². The number of nitrogens with zero attached hydrogens (tertiary/aromatic N) is 2. The maximum absolute atomic E-state index is 12.7. The largest absolute Gasteiger partial charge is 0.487 e. The summed E-state index contributed by atoms with van der Waals surface area (Å²) in [6.07, 6.45) is 7.18. The Bertz CT molecular complexity index is 619. The zero-order valence-corrected chi connectivity index (χ0v) is 16.8. The number of para-hydroxylation sites is 1. The van der Waals surface area contributed by atoms with Crippen molar-refractivity contribution in [1.29, 1.82) is 0 Å². The van der Waals surface area contributed by atoms with Crippen molar-refractivity contribution in [3.05, 3.63) is 30.3 Å². The molecule has 1 aromatic carbocycles. The fourth-order valence-corrected chi connectivity index (χ4v) is 5.32. The third-order valence-electron chi connectivity index (χ3n) is 6.89. The van der Waals surface area contributed by atoms with E-state index >= 15 is 0 Å². The first-order chi connectivity index (χ1) is 13.1. The third kappa shape index (κ3) is 4.01. The highest BCUT2D eigenvalue weighted by molar-refractivity contribution is 5.79. The van der Waals surface area contributed by atoms with Crippen molar-refractivity contribution in [2.24, 2.45) is 11.8 Å². The van der Waals surface area contributed by atoms with Gasteiger partial charge in [-0.05, 0) is 57.6 Å². The standard InChI is InChI=1S/C23H34N2O2/c1-17(2)25-16-21(27-20-10-4-3-5-11-20)22(25)18-12-14-24(15-13-18)23(26)19-8-6-7-9-19/h3-5,10-11,17-19,21-22H,6-9,12-16H2,1-2H3/t21-,22-/m0/s1. The van der Waals surface area contributed by atoms with Gasteiger partial charge < -0.3 is 9.64 Å². The molecule has 3 aliphatic rings. The SMILES string of the molecule is CC(C)N1C[C@H](Oc2ccccc2)[C@@H]1C1CCN(C(=O)C2CCCC2)CC1. The Morgan fingerprint density at radius 1 is 1.04 bits per heavy atom. The lowest BCUT2D eigenvalue weighted by molar-refractivity contribution is -0.139. The molecule has 1 amide bonds. The number of carbonyl (C=O) groups is 1. The van der Waals surface area contributed by atoms with Crippen LogP contribution in [0.4, 0.5) is 0 Å². The molecule has 1 aromatic rings. The van der Waals surface area contributed by atoms with Gasteiger partial charge in [0.05, 0.1) is 6.04 Å². The maximum atomic E-state index is 12.7. The average molecular weight is 371 g/mol. The quantitative estimate of drug-likeness (QED) is 0.787. The molecule has 148 valence electrons. The molecular weight excluding hydrogens is 336 g/mol. The lowest BCUT2D eigenvalue weighted by atomic mass is 9.79. The molecule has 0 radical (unpaired) electrons. The highest BCUT2D eigenvalue weighted by Crippen LogP contribution is 2.37. The van der Waals surface area contributed by atoms with E-state index < -0.39 is 0 Å². The van der Waals surface area contributed by atoms with Gasteiger partial charge in [-0.25, -0.2) is 0 Å². The molecule has 2 heterocycles. The van der Waals surface area contributed by atoms with E-state index in [0.29, 0.717) is 29.8 Å². The number of benzene rings is 1. The van der Waals surface area contributed by atoms with Crippen molar-refractivity contribution in [2.75, 3.05) is 19.6 Å². The molecule has 1 aliphatic carbocycles. The number of piperidine rings is 1. The highest BCUT2D eigenvalue weighted by atomic mass is 16.5. The topological polar surface area (TPSA) is 32.8 Å². The number of rotatable bonds is 5. The van der Waals surface area contributed by atoms with Crippen LogP contribution in [0.15, 0.2) is 30.3 Å². The maximum Gasteiger partial charge on any atom is 0.225 e. The summed E-state index contributed by atoms with van der Waals surface area (Å²) < 4.78 is 6.33. The van der Waals surface area contributed by atoms with Gasteiger partial charge in [0, 0.05) is 31.6 Å². The van der Waals surface area contributed by atoms with Gasteiger partial charge in [0.25, 0.3) is 0 Å². The smallest absolute Gasteiger partial charge is 0.225 e. The van der Waals surface area contributed by atoms with Gasteiger partial charge in [-0.2, -0.15) is 0 Å². The number of hydrogen-bond donors (Lipinski definition) is 0. The Labute approximate surface area is 163 Å². The van der Waals surface area contributed by atoms with Crippen LogP contribution in [0, 0.1) is 11.8 Å². The summed E-state index contributed by atoms with van der Waals surface area (Å²) in [6, 6.07) is 11.2. The molecule has 0 unspecified atom stereocenters. The Morgan fingerprint density at radius 2 is 1.70 bits per heavy atom. The van der Waals surface area contributed by atoms with E-state index in [1.54, 1.807) is 0 Å².